The monoisotopic (exact) mass is 179 g/mol. The molecular weight excluding hydrogens is 162 g/mol. The van der Waals surface area contributed by atoms with Crippen LogP contribution in [0, 0.1) is 0 Å². The number of nitrogens with two attached hydrogens (primary N) is 1. The lowest BCUT2D eigenvalue weighted by molar-refractivity contribution is 0.513. The molecule has 0 spiro atoms. The van der Waals surface area contributed by atoms with Gasteiger partial charge < -0.3 is 5.32 Å². The fraction of sp³-hybridized carbons (Fsp3) is 0.400. The highest BCUT2D eigenvalue weighted by atomic mass is 15.2. The molecule has 0 bridgehead atoms. The molecule has 13 heavy (non-hydrogen) atoms. The average molecular weight is 179 g/mol. The van der Waals surface area contributed by atoms with Crippen LogP contribution in [-0.4, -0.2) is 12.1 Å². The van der Waals surface area contributed by atoms with E-state index in [4.69, 9.17) is 5.84 Å². The van der Waals surface area contributed by atoms with E-state index in [1.807, 2.05) is 37.3 Å². The van der Waals surface area contributed by atoms with E-state index in [-0.39, 0.29) is 6.04 Å². The Morgan fingerprint density at radius 1 is 1.08 bits per heavy atom. The lowest BCUT2D eigenvalue weighted by Gasteiger charge is -2.21. The van der Waals surface area contributed by atoms with Crippen LogP contribution in [0.3, 0.4) is 0 Å². The third-order valence-corrected chi connectivity index (χ3v) is 2.18. The van der Waals surface area contributed by atoms with Crippen molar-refractivity contribution in [3.05, 3.63) is 30.3 Å². The summed E-state index contributed by atoms with van der Waals surface area (Å²) in [5.41, 5.74) is 3.84. The molecular formula is C10H17N3. The van der Waals surface area contributed by atoms with Gasteiger partial charge in [0.1, 0.15) is 0 Å². The highest BCUT2D eigenvalue weighted by molar-refractivity contribution is 5.43. The second kappa shape index (κ2) is 4.84. The van der Waals surface area contributed by atoms with Crippen molar-refractivity contribution in [1.29, 1.82) is 0 Å². The summed E-state index contributed by atoms with van der Waals surface area (Å²) < 4.78 is 0. The molecule has 72 valence electrons. The van der Waals surface area contributed by atoms with E-state index in [2.05, 4.69) is 17.7 Å². The molecule has 3 heteroatoms. The predicted octanol–water partition coefficient (Wildman–Crippen LogP) is 1.34. The van der Waals surface area contributed by atoms with Gasteiger partial charge in [-0.3, -0.25) is 11.3 Å². The van der Waals surface area contributed by atoms with Crippen LogP contribution in [0.25, 0.3) is 0 Å². The summed E-state index contributed by atoms with van der Waals surface area (Å²) in [6.07, 6.45) is 0. The molecule has 1 rings (SSSR count). The van der Waals surface area contributed by atoms with Gasteiger partial charge in [0, 0.05) is 17.8 Å². The highest BCUT2D eigenvalue weighted by Gasteiger charge is 2.08. The minimum atomic E-state index is 0.250. The van der Waals surface area contributed by atoms with E-state index >= 15 is 0 Å². The van der Waals surface area contributed by atoms with Crippen LogP contribution in [0.2, 0.25) is 0 Å². The van der Waals surface area contributed by atoms with Crippen molar-refractivity contribution in [3.63, 3.8) is 0 Å². The van der Waals surface area contributed by atoms with Gasteiger partial charge in [0.2, 0.25) is 0 Å². The smallest absolute Gasteiger partial charge is 0.0397 e. The van der Waals surface area contributed by atoms with Gasteiger partial charge in [-0.15, -0.1) is 0 Å². The van der Waals surface area contributed by atoms with Gasteiger partial charge in [0.05, 0.1) is 0 Å². The van der Waals surface area contributed by atoms with Gasteiger partial charge in [-0.05, 0) is 26.0 Å². The van der Waals surface area contributed by atoms with E-state index in [1.54, 1.807) is 0 Å². The van der Waals surface area contributed by atoms with Gasteiger partial charge >= 0.3 is 0 Å². The quantitative estimate of drug-likeness (QED) is 0.483. The fourth-order valence-corrected chi connectivity index (χ4v) is 1.07. The molecule has 1 aromatic carbocycles. The summed E-state index contributed by atoms with van der Waals surface area (Å²) >= 11 is 0. The number of nitrogens with one attached hydrogen (secondary N) is 2. The summed E-state index contributed by atoms with van der Waals surface area (Å²) in [5.74, 6) is 5.34. The molecule has 0 aliphatic carbocycles. The van der Waals surface area contributed by atoms with E-state index < -0.39 is 0 Å². The van der Waals surface area contributed by atoms with E-state index in [9.17, 15) is 0 Å². The second-order valence-electron chi connectivity index (χ2n) is 3.25. The number of hydrogen-bond acceptors (Lipinski definition) is 3. The average Bonchev–Trinajstić information content (AvgIpc) is 2.18. The van der Waals surface area contributed by atoms with Crippen LogP contribution in [0.5, 0.6) is 0 Å². The predicted molar refractivity (Wildman–Crippen MR) is 56.3 cm³/mol. The molecule has 0 aliphatic rings. The third kappa shape index (κ3) is 3.05. The van der Waals surface area contributed by atoms with Crippen LogP contribution in [-0.2, 0) is 0 Å². The number of rotatable bonds is 4. The Morgan fingerprint density at radius 3 is 2.23 bits per heavy atom. The molecule has 0 fully saturated rings. The van der Waals surface area contributed by atoms with Gasteiger partial charge in [-0.2, -0.15) is 0 Å². The zero-order valence-electron chi connectivity index (χ0n) is 8.12. The first-order chi connectivity index (χ1) is 6.24. The van der Waals surface area contributed by atoms with Crippen LogP contribution in [0.4, 0.5) is 5.69 Å². The number of para-hydroxylation sites is 1. The normalized spacial score (nSPS) is 15.0. The third-order valence-electron chi connectivity index (χ3n) is 2.18. The zero-order chi connectivity index (χ0) is 9.68. The Labute approximate surface area is 79.3 Å². The molecule has 0 amide bonds. The Kier molecular flexibility index (Phi) is 3.73. The summed E-state index contributed by atoms with van der Waals surface area (Å²) in [7, 11) is 0. The second-order valence-corrected chi connectivity index (χ2v) is 3.25. The summed E-state index contributed by atoms with van der Waals surface area (Å²) in [6, 6.07) is 10.7. The lowest BCUT2D eigenvalue weighted by Crippen LogP contribution is -2.43. The first kappa shape index (κ1) is 10.0. The molecule has 0 saturated carbocycles. The first-order valence-corrected chi connectivity index (χ1v) is 4.51. The number of hydrazine groups is 1. The lowest BCUT2D eigenvalue weighted by atomic mass is 10.1. The van der Waals surface area contributed by atoms with Crippen molar-refractivity contribution in [1.82, 2.24) is 5.43 Å². The van der Waals surface area contributed by atoms with Crippen molar-refractivity contribution in [2.45, 2.75) is 25.9 Å². The minimum Gasteiger partial charge on any atom is -0.381 e. The molecule has 0 aliphatic heterocycles. The van der Waals surface area contributed by atoms with Crippen LogP contribution in [0.15, 0.2) is 30.3 Å². The first-order valence-electron chi connectivity index (χ1n) is 4.51. The van der Waals surface area contributed by atoms with Crippen molar-refractivity contribution in [3.8, 4) is 0 Å². The van der Waals surface area contributed by atoms with Crippen molar-refractivity contribution in [2.24, 2.45) is 5.84 Å². The molecule has 1 aromatic rings. The van der Waals surface area contributed by atoms with Crippen molar-refractivity contribution >= 4 is 5.69 Å². The molecule has 0 aromatic heterocycles. The molecule has 3 nitrogen and oxygen atoms in total. The maximum atomic E-state index is 5.34. The van der Waals surface area contributed by atoms with E-state index in [1.165, 1.54) is 0 Å². The largest absolute Gasteiger partial charge is 0.381 e. The Morgan fingerprint density at radius 2 is 1.69 bits per heavy atom. The SMILES string of the molecule is C[C@H](NN)[C@@H](C)Nc1ccccc1. The van der Waals surface area contributed by atoms with Crippen LogP contribution >= 0.6 is 0 Å². The summed E-state index contributed by atoms with van der Waals surface area (Å²) in [6.45, 7) is 4.14. The fourth-order valence-electron chi connectivity index (χ4n) is 1.07. The summed E-state index contributed by atoms with van der Waals surface area (Å²) in [5, 5.41) is 3.35. The standard InChI is InChI=1S/C10H17N3/c1-8(9(2)13-11)12-10-6-4-3-5-7-10/h3-9,12-13H,11H2,1-2H3/t8-,9+/m1/s1. The highest BCUT2D eigenvalue weighted by Crippen LogP contribution is 2.08. The van der Waals surface area contributed by atoms with Gasteiger partial charge in [-0.25, -0.2) is 0 Å². The Bertz CT molecular complexity index is 235. The maximum Gasteiger partial charge on any atom is 0.0397 e. The number of anilines is 1. The molecule has 0 unspecified atom stereocenters. The van der Waals surface area contributed by atoms with Crippen molar-refractivity contribution in [2.75, 3.05) is 5.32 Å². The summed E-state index contributed by atoms with van der Waals surface area (Å²) in [4.78, 5) is 0. The van der Waals surface area contributed by atoms with Gasteiger partial charge in [-0.1, -0.05) is 18.2 Å². The minimum absolute atomic E-state index is 0.250. The van der Waals surface area contributed by atoms with Crippen molar-refractivity contribution < 1.29 is 0 Å². The topological polar surface area (TPSA) is 50.1 Å². The molecule has 0 heterocycles. The number of benzene rings is 1. The Balaban J connectivity index is 2.50. The maximum absolute atomic E-state index is 5.34. The van der Waals surface area contributed by atoms with Gasteiger partial charge in [0.15, 0.2) is 0 Å². The van der Waals surface area contributed by atoms with E-state index in [0.29, 0.717) is 6.04 Å². The van der Waals surface area contributed by atoms with Gasteiger partial charge in [0.25, 0.3) is 0 Å². The molecule has 4 N–H and O–H groups in total. The molecule has 0 saturated heterocycles. The number of hydrogen-bond donors (Lipinski definition) is 3. The Hall–Kier alpha value is -1.06. The molecule has 0 radical (unpaired) electrons. The van der Waals surface area contributed by atoms with Crippen LogP contribution in [0.1, 0.15) is 13.8 Å². The van der Waals surface area contributed by atoms with E-state index in [0.717, 1.165) is 5.69 Å². The molecule has 2 atom stereocenters. The zero-order valence-corrected chi connectivity index (χ0v) is 8.12. The van der Waals surface area contributed by atoms with Crippen LogP contribution < -0.4 is 16.6 Å².